The van der Waals surface area contributed by atoms with Gasteiger partial charge in [0.05, 0.1) is 0 Å². The molecular weight excluding hydrogens is 593 g/mol. The Hall–Kier alpha value is -5.97. The topological polar surface area (TPSA) is 29.3 Å². The fraction of sp³-hybridized carbons (Fsp3) is 0. The van der Waals surface area contributed by atoms with E-state index in [1.54, 1.807) is 0 Å². The van der Waals surface area contributed by atoms with Crippen LogP contribution in [0.3, 0.4) is 0 Å². The van der Waals surface area contributed by atoms with Crippen molar-refractivity contribution in [3.63, 3.8) is 0 Å². The van der Waals surface area contributed by atoms with Gasteiger partial charge in [0, 0.05) is 59.3 Å². The molecule has 0 bridgehead atoms. The number of rotatable bonds is 5. The van der Waals surface area contributed by atoms with Crippen LogP contribution in [0.4, 0.5) is 17.1 Å². The van der Waals surface area contributed by atoms with Gasteiger partial charge in [-0.3, -0.25) is 0 Å². The Morgan fingerprint density at radius 3 is 2.02 bits per heavy atom. The number of benzene rings is 7. The molecule has 3 nitrogen and oxygen atoms in total. The maximum atomic E-state index is 6.56. The highest BCUT2D eigenvalue weighted by Crippen LogP contribution is 2.51. The summed E-state index contributed by atoms with van der Waals surface area (Å²) in [4.78, 5) is 7.37. The molecule has 0 atom stereocenters. The van der Waals surface area contributed by atoms with E-state index in [4.69, 9.17) is 9.40 Å². The lowest BCUT2D eigenvalue weighted by Gasteiger charge is -2.26. The third-order valence-electron chi connectivity index (χ3n) is 9.22. The number of hydrogen-bond donors (Lipinski definition) is 0. The van der Waals surface area contributed by atoms with Crippen molar-refractivity contribution < 1.29 is 4.42 Å². The number of anilines is 3. The molecule has 0 fully saturated rings. The lowest BCUT2D eigenvalue weighted by molar-refractivity contribution is 0.590. The van der Waals surface area contributed by atoms with Gasteiger partial charge in [-0.2, -0.15) is 0 Å². The first-order valence-corrected chi connectivity index (χ1v) is 16.6. The fourth-order valence-electron chi connectivity index (χ4n) is 7.04. The van der Waals surface area contributed by atoms with Gasteiger partial charge in [0.2, 0.25) is 5.89 Å². The van der Waals surface area contributed by atoms with Crippen LogP contribution >= 0.6 is 11.3 Å². The number of hydrogen-bond acceptors (Lipinski definition) is 4. The molecule has 0 radical (unpaired) electrons. The highest BCUT2D eigenvalue weighted by atomic mass is 32.1. The van der Waals surface area contributed by atoms with E-state index in [9.17, 15) is 0 Å². The largest absolute Gasteiger partial charge is 0.435 e. The third kappa shape index (κ3) is 4.16. The Morgan fingerprint density at radius 2 is 1.19 bits per heavy atom. The molecular formula is C43H26N2OS. The molecule has 1 aliphatic carbocycles. The Kier molecular flexibility index (Phi) is 5.74. The number of oxazole rings is 1. The van der Waals surface area contributed by atoms with Crippen molar-refractivity contribution in [1.82, 2.24) is 4.98 Å². The van der Waals surface area contributed by atoms with E-state index >= 15 is 0 Å². The predicted molar refractivity (Wildman–Crippen MR) is 197 cm³/mol. The zero-order valence-corrected chi connectivity index (χ0v) is 26.0. The second-order valence-electron chi connectivity index (χ2n) is 12.0. The van der Waals surface area contributed by atoms with Crippen molar-refractivity contribution in [3.8, 4) is 45.2 Å². The molecule has 4 heteroatoms. The summed E-state index contributed by atoms with van der Waals surface area (Å²) in [5.41, 5.74) is 9.75. The van der Waals surface area contributed by atoms with Gasteiger partial charge in [-0.25, -0.2) is 4.98 Å². The first kappa shape index (κ1) is 26.3. The minimum atomic E-state index is 0.646. The van der Waals surface area contributed by atoms with Crippen molar-refractivity contribution >= 4 is 59.3 Å². The van der Waals surface area contributed by atoms with Gasteiger partial charge in [0.25, 0.3) is 0 Å². The van der Waals surface area contributed by atoms with E-state index in [1.165, 1.54) is 42.1 Å². The molecule has 9 aromatic rings. The maximum Gasteiger partial charge on any atom is 0.227 e. The number of fused-ring (bicyclic) bond motifs is 6. The van der Waals surface area contributed by atoms with Gasteiger partial charge < -0.3 is 9.32 Å². The summed E-state index contributed by atoms with van der Waals surface area (Å²) in [6.45, 7) is 0. The molecule has 2 heterocycles. The number of thiophene rings is 1. The fourth-order valence-corrected chi connectivity index (χ4v) is 8.18. The van der Waals surface area contributed by atoms with Gasteiger partial charge in [-0.1, -0.05) is 103 Å². The first-order chi connectivity index (χ1) is 23.3. The smallest absolute Gasteiger partial charge is 0.227 e. The number of nitrogens with zero attached hydrogens (tertiary/aromatic N) is 2. The van der Waals surface area contributed by atoms with E-state index in [2.05, 4.69) is 132 Å². The summed E-state index contributed by atoms with van der Waals surface area (Å²) < 4.78 is 9.13. The van der Waals surface area contributed by atoms with Crippen molar-refractivity contribution in [3.05, 3.63) is 158 Å². The van der Waals surface area contributed by atoms with Crippen LogP contribution in [0.5, 0.6) is 0 Å². The SMILES string of the molecule is c1ccc(-c2ccc(N(c3cc4c5c(cccc5c3)-c3nc(-c5ccccc5)oc3-4)c3ccc4c(c3)sc3ccccc34)cc2)cc1. The minimum absolute atomic E-state index is 0.646. The van der Waals surface area contributed by atoms with E-state index in [0.29, 0.717) is 5.89 Å². The van der Waals surface area contributed by atoms with Crippen LogP contribution in [0.25, 0.3) is 76.1 Å². The zero-order valence-electron chi connectivity index (χ0n) is 25.2. The molecule has 220 valence electrons. The molecule has 0 unspecified atom stereocenters. The van der Waals surface area contributed by atoms with Gasteiger partial charge in [0.1, 0.15) is 5.69 Å². The van der Waals surface area contributed by atoms with E-state index in [-0.39, 0.29) is 0 Å². The summed E-state index contributed by atoms with van der Waals surface area (Å²) in [7, 11) is 0. The van der Waals surface area contributed by atoms with E-state index in [0.717, 1.165) is 45.2 Å². The normalized spacial score (nSPS) is 11.8. The lowest BCUT2D eigenvalue weighted by atomic mass is 10.0. The standard InChI is InChI=1S/C43H26N2OS/c1-3-10-27(11-4-1)28-18-20-31(21-19-28)45(32-22-23-35-34-15-7-8-17-38(34)47-39(35)26-32)33-24-30-14-9-16-36-40(30)37(25-33)42-41(36)44-43(46-42)29-12-5-2-6-13-29/h1-26H. The average molecular weight is 619 g/mol. The molecule has 47 heavy (non-hydrogen) atoms. The molecule has 7 aromatic carbocycles. The van der Waals surface area contributed by atoms with Crippen LogP contribution in [0.15, 0.2) is 162 Å². The van der Waals surface area contributed by atoms with Crippen LogP contribution in [0.2, 0.25) is 0 Å². The van der Waals surface area contributed by atoms with Crippen molar-refractivity contribution in [2.24, 2.45) is 0 Å². The first-order valence-electron chi connectivity index (χ1n) is 15.8. The molecule has 0 N–H and O–H groups in total. The Labute approximate surface area is 275 Å². The van der Waals surface area contributed by atoms with Crippen LogP contribution in [-0.4, -0.2) is 4.98 Å². The Bertz CT molecular complexity index is 2620. The van der Waals surface area contributed by atoms with Crippen molar-refractivity contribution in [2.45, 2.75) is 0 Å². The maximum absolute atomic E-state index is 6.56. The zero-order chi connectivity index (χ0) is 30.9. The molecule has 2 aromatic heterocycles. The van der Waals surface area contributed by atoms with Crippen LogP contribution in [-0.2, 0) is 0 Å². The van der Waals surface area contributed by atoms with Gasteiger partial charge in [-0.15, -0.1) is 11.3 Å². The van der Waals surface area contributed by atoms with Gasteiger partial charge >= 0.3 is 0 Å². The molecule has 0 amide bonds. The van der Waals surface area contributed by atoms with Gasteiger partial charge in [0.15, 0.2) is 5.76 Å². The van der Waals surface area contributed by atoms with Crippen LogP contribution in [0.1, 0.15) is 0 Å². The second-order valence-corrected chi connectivity index (χ2v) is 13.1. The lowest BCUT2D eigenvalue weighted by Crippen LogP contribution is -2.10. The van der Waals surface area contributed by atoms with Crippen molar-refractivity contribution in [1.29, 1.82) is 0 Å². The molecule has 0 aliphatic heterocycles. The molecule has 0 spiro atoms. The Morgan fingerprint density at radius 1 is 0.489 bits per heavy atom. The monoisotopic (exact) mass is 618 g/mol. The highest BCUT2D eigenvalue weighted by molar-refractivity contribution is 7.25. The molecule has 0 saturated heterocycles. The predicted octanol–water partition coefficient (Wildman–Crippen LogP) is 12.6. The van der Waals surface area contributed by atoms with Crippen LogP contribution in [0, 0.1) is 0 Å². The van der Waals surface area contributed by atoms with E-state index in [1.807, 2.05) is 41.7 Å². The quantitative estimate of drug-likeness (QED) is 0.192. The minimum Gasteiger partial charge on any atom is -0.435 e. The molecule has 1 aliphatic rings. The molecule has 10 rings (SSSR count). The molecule has 0 saturated carbocycles. The summed E-state index contributed by atoms with van der Waals surface area (Å²) in [6, 6.07) is 56.1. The summed E-state index contributed by atoms with van der Waals surface area (Å²) >= 11 is 1.84. The van der Waals surface area contributed by atoms with Gasteiger partial charge in [-0.05, 0) is 71.1 Å². The second kappa shape index (κ2) is 10.3. The summed E-state index contributed by atoms with van der Waals surface area (Å²) in [5.74, 6) is 1.48. The summed E-state index contributed by atoms with van der Waals surface area (Å²) in [5, 5.41) is 4.95. The van der Waals surface area contributed by atoms with Crippen molar-refractivity contribution in [2.75, 3.05) is 4.90 Å². The Balaban J connectivity index is 1.17. The average Bonchev–Trinajstić information content (AvgIpc) is 3.82. The number of aromatic nitrogens is 1. The van der Waals surface area contributed by atoms with E-state index < -0.39 is 0 Å². The van der Waals surface area contributed by atoms with Crippen LogP contribution < -0.4 is 4.90 Å². The summed E-state index contributed by atoms with van der Waals surface area (Å²) in [6.07, 6.45) is 0. The third-order valence-corrected chi connectivity index (χ3v) is 10.4. The highest BCUT2D eigenvalue weighted by Gasteiger charge is 2.29.